The first-order valence-corrected chi connectivity index (χ1v) is 7.20. The van der Waals surface area contributed by atoms with E-state index in [2.05, 4.69) is 35.1 Å². The van der Waals surface area contributed by atoms with E-state index in [-0.39, 0.29) is 12.4 Å². The number of imidazole rings is 1. The van der Waals surface area contributed by atoms with Crippen molar-refractivity contribution >= 4 is 18.2 Å². The lowest BCUT2D eigenvalue weighted by Gasteiger charge is -2.06. The van der Waals surface area contributed by atoms with E-state index < -0.39 is 0 Å². The van der Waals surface area contributed by atoms with Gasteiger partial charge in [0.05, 0.1) is 12.7 Å². The van der Waals surface area contributed by atoms with Crippen LogP contribution in [-0.4, -0.2) is 39.7 Å². The third-order valence-electron chi connectivity index (χ3n) is 3.40. The Morgan fingerprint density at radius 1 is 1.08 bits per heavy atom. The van der Waals surface area contributed by atoms with Gasteiger partial charge >= 0.3 is 0 Å². The number of nitrogens with two attached hydrogens (primary N) is 1. The zero-order valence-corrected chi connectivity index (χ0v) is 13.8. The molecule has 0 atom stereocenters. The quantitative estimate of drug-likeness (QED) is 0.569. The number of nitrogen functional groups attached to an aromatic ring is 1. The minimum Gasteiger partial charge on any atom is -0.384 e. The predicted octanol–water partition coefficient (Wildman–Crippen LogP) is 1.57. The Hall–Kier alpha value is -3.33. The second kappa shape index (κ2) is 7.05. The topological polar surface area (TPSA) is 124 Å². The SMILES string of the molecule is Cl.Nc1cc(-c2nccn2Cc2nc(-c3cnccn3)n[nH]2)ccn1. The summed E-state index contributed by atoms with van der Waals surface area (Å²) in [4.78, 5) is 21.0. The standard InChI is InChI=1S/C15H13N9.ClH/c16-12-7-10(1-2-19-12)15-20-5-6-24(15)9-13-21-14(23-22-13)11-8-17-3-4-18-11;/h1-8H,9H2,(H2,16,19)(H,21,22,23);1H. The Kier molecular flexibility index (Phi) is 4.66. The molecule has 0 saturated heterocycles. The Morgan fingerprint density at radius 2 is 2.00 bits per heavy atom. The first-order chi connectivity index (χ1) is 11.8. The number of rotatable bonds is 4. The maximum atomic E-state index is 5.75. The van der Waals surface area contributed by atoms with Crippen molar-refractivity contribution in [2.24, 2.45) is 0 Å². The Labute approximate surface area is 148 Å². The maximum absolute atomic E-state index is 5.75. The van der Waals surface area contributed by atoms with E-state index >= 15 is 0 Å². The largest absolute Gasteiger partial charge is 0.384 e. The van der Waals surface area contributed by atoms with Gasteiger partial charge in [-0.1, -0.05) is 0 Å². The van der Waals surface area contributed by atoms with Gasteiger partial charge in [-0.3, -0.25) is 10.1 Å². The smallest absolute Gasteiger partial charge is 0.201 e. The molecular formula is C15H14ClN9. The molecule has 4 aromatic heterocycles. The summed E-state index contributed by atoms with van der Waals surface area (Å²) in [6, 6.07) is 3.64. The summed E-state index contributed by atoms with van der Waals surface area (Å²) in [5, 5.41) is 7.10. The van der Waals surface area contributed by atoms with Gasteiger partial charge in [0, 0.05) is 36.5 Å². The van der Waals surface area contributed by atoms with Crippen molar-refractivity contribution in [1.29, 1.82) is 0 Å². The highest BCUT2D eigenvalue weighted by molar-refractivity contribution is 5.85. The summed E-state index contributed by atoms with van der Waals surface area (Å²) >= 11 is 0. The van der Waals surface area contributed by atoms with Crippen LogP contribution in [0.5, 0.6) is 0 Å². The number of pyridine rings is 1. The molecule has 0 aromatic carbocycles. The van der Waals surface area contributed by atoms with Crippen LogP contribution in [0.2, 0.25) is 0 Å². The Bertz CT molecular complexity index is 964. The van der Waals surface area contributed by atoms with E-state index in [1.807, 2.05) is 16.8 Å². The first-order valence-electron chi connectivity index (χ1n) is 7.20. The molecule has 126 valence electrons. The fraction of sp³-hybridized carbons (Fsp3) is 0.0667. The van der Waals surface area contributed by atoms with Gasteiger partial charge in [-0.05, 0) is 12.1 Å². The van der Waals surface area contributed by atoms with E-state index in [0.29, 0.717) is 29.7 Å². The minimum atomic E-state index is 0. The molecular weight excluding hydrogens is 342 g/mol. The molecule has 0 aliphatic rings. The van der Waals surface area contributed by atoms with E-state index in [1.54, 1.807) is 37.1 Å². The highest BCUT2D eigenvalue weighted by Gasteiger charge is 2.11. The van der Waals surface area contributed by atoms with E-state index in [0.717, 1.165) is 11.4 Å². The van der Waals surface area contributed by atoms with Crippen LogP contribution in [0.1, 0.15) is 5.82 Å². The lowest BCUT2D eigenvalue weighted by atomic mass is 10.2. The molecule has 0 amide bonds. The fourth-order valence-corrected chi connectivity index (χ4v) is 2.34. The van der Waals surface area contributed by atoms with Crippen molar-refractivity contribution in [3.05, 3.63) is 55.1 Å². The molecule has 4 aromatic rings. The van der Waals surface area contributed by atoms with Gasteiger partial charge in [-0.2, -0.15) is 5.10 Å². The lowest BCUT2D eigenvalue weighted by Crippen LogP contribution is -2.03. The van der Waals surface area contributed by atoms with Gasteiger partial charge in [-0.25, -0.2) is 19.9 Å². The van der Waals surface area contributed by atoms with Gasteiger partial charge in [0.2, 0.25) is 5.82 Å². The van der Waals surface area contributed by atoms with Crippen molar-refractivity contribution in [2.75, 3.05) is 5.73 Å². The minimum absolute atomic E-state index is 0. The monoisotopic (exact) mass is 355 g/mol. The van der Waals surface area contributed by atoms with Crippen LogP contribution in [0.15, 0.2) is 49.3 Å². The second-order valence-corrected chi connectivity index (χ2v) is 5.04. The number of hydrogen-bond donors (Lipinski definition) is 2. The van der Waals surface area contributed by atoms with Crippen molar-refractivity contribution in [3.8, 4) is 22.9 Å². The normalized spacial score (nSPS) is 10.4. The number of anilines is 1. The zero-order chi connectivity index (χ0) is 16.4. The number of H-pyrrole nitrogens is 1. The average Bonchev–Trinajstić information content (AvgIpc) is 3.26. The van der Waals surface area contributed by atoms with Crippen LogP contribution < -0.4 is 5.73 Å². The Morgan fingerprint density at radius 3 is 2.80 bits per heavy atom. The predicted molar refractivity (Wildman–Crippen MR) is 93.6 cm³/mol. The van der Waals surface area contributed by atoms with Gasteiger partial charge < -0.3 is 10.3 Å². The molecule has 0 fully saturated rings. The highest BCUT2D eigenvalue weighted by Crippen LogP contribution is 2.19. The summed E-state index contributed by atoms with van der Waals surface area (Å²) in [7, 11) is 0. The molecule has 0 spiro atoms. The molecule has 0 radical (unpaired) electrons. The maximum Gasteiger partial charge on any atom is 0.201 e. The molecule has 0 aliphatic carbocycles. The third-order valence-corrected chi connectivity index (χ3v) is 3.40. The third kappa shape index (κ3) is 3.45. The zero-order valence-electron chi connectivity index (χ0n) is 12.9. The lowest BCUT2D eigenvalue weighted by molar-refractivity contribution is 0.755. The molecule has 0 unspecified atom stereocenters. The molecule has 9 nitrogen and oxygen atoms in total. The van der Waals surface area contributed by atoms with Crippen LogP contribution in [0.4, 0.5) is 5.82 Å². The number of aromatic amines is 1. The average molecular weight is 356 g/mol. The number of halogens is 1. The van der Waals surface area contributed by atoms with Gasteiger partial charge in [0.1, 0.15) is 23.2 Å². The first kappa shape index (κ1) is 16.5. The summed E-state index contributed by atoms with van der Waals surface area (Å²) < 4.78 is 1.95. The van der Waals surface area contributed by atoms with Gasteiger partial charge in [-0.15, -0.1) is 12.4 Å². The van der Waals surface area contributed by atoms with Crippen LogP contribution in [-0.2, 0) is 6.54 Å². The van der Waals surface area contributed by atoms with Crippen molar-refractivity contribution in [1.82, 2.24) is 39.7 Å². The molecule has 10 heteroatoms. The van der Waals surface area contributed by atoms with E-state index in [1.165, 1.54) is 0 Å². The molecule has 4 rings (SSSR count). The van der Waals surface area contributed by atoms with Crippen molar-refractivity contribution in [3.63, 3.8) is 0 Å². The number of nitrogens with zero attached hydrogens (tertiary/aromatic N) is 7. The van der Waals surface area contributed by atoms with Gasteiger partial charge in [0.15, 0.2) is 0 Å². The van der Waals surface area contributed by atoms with Crippen molar-refractivity contribution < 1.29 is 0 Å². The number of nitrogens with one attached hydrogen (secondary N) is 1. The number of aromatic nitrogens is 8. The molecule has 3 N–H and O–H groups in total. The molecule has 0 bridgehead atoms. The molecule has 0 saturated carbocycles. The summed E-state index contributed by atoms with van der Waals surface area (Å²) in [5.74, 6) is 2.43. The van der Waals surface area contributed by atoms with Crippen LogP contribution >= 0.6 is 12.4 Å². The fourth-order valence-electron chi connectivity index (χ4n) is 2.34. The molecule has 4 heterocycles. The highest BCUT2D eigenvalue weighted by atomic mass is 35.5. The summed E-state index contributed by atoms with van der Waals surface area (Å²) in [6.07, 6.45) is 10.1. The summed E-state index contributed by atoms with van der Waals surface area (Å²) in [5.41, 5.74) is 7.25. The van der Waals surface area contributed by atoms with E-state index in [9.17, 15) is 0 Å². The van der Waals surface area contributed by atoms with Crippen molar-refractivity contribution in [2.45, 2.75) is 6.54 Å². The molecule has 25 heavy (non-hydrogen) atoms. The second-order valence-electron chi connectivity index (χ2n) is 5.04. The number of hydrogen-bond acceptors (Lipinski definition) is 7. The van der Waals surface area contributed by atoms with Gasteiger partial charge in [0.25, 0.3) is 0 Å². The van der Waals surface area contributed by atoms with E-state index in [4.69, 9.17) is 5.73 Å². The summed E-state index contributed by atoms with van der Waals surface area (Å²) in [6.45, 7) is 0.491. The van der Waals surface area contributed by atoms with Crippen LogP contribution in [0.3, 0.4) is 0 Å². The van der Waals surface area contributed by atoms with Crippen LogP contribution in [0.25, 0.3) is 22.9 Å². The Balaban J connectivity index is 0.00000182. The van der Waals surface area contributed by atoms with Crippen LogP contribution in [0, 0.1) is 0 Å². The molecule has 0 aliphatic heterocycles.